The molecule has 3 rings (SSSR count). The monoisotopic (exact) mass is 322 g/mol. The van der Waals surface area contributed by atoms with Crippen molar-refractivity contribution in [2.24, 2.45) is 0 Å². The SMILES string of the molecule is O=C(Nc1cc(Cl)nc(Cl)n1)c1ccc2c(c1)CNCC2. The molecule has 0 fully saturated rings. The fourth-order valence-corrected chi connectivity index (χ4v) is 2.67. The fraction of sp³-hybridized carbons (Fsp3) is 0.214. The second-order valence-corrected chi connectivity index (χ2v) is 5.43. The van der Waals surface area contributed by atoms with Crippen LogP contribution in [0.3, 0.4) is 0 Å². The highest BCUT2D eigenvalue weighted by atomic mass is 35.5. The molecule has 0 aliphatic carbocycles. The number of hydrogen-bond acceptors (Lipinski definition) is 4. The van der Waals surface area contributed by atoms with Crippen LogP contribution in [0.2, 0.25) is 10.4 Å². The summed E-state index contributed by atoms with van der Waals surface area (Å²) in [7, 11) is 0. The minimum atomic E-state index is -0.255. The van der Waals surface area contributed by atoms with Crippen molar-refractivity contribution in [2.75, 3.05) is 11.9 Å². The van der Waals surface area contributed by atoms with Crippen LogP contribution in [0.5, 0.6) is 0 Å². The standard InChI is InChI=1S/C14H12Cl2N4O/c15-11-6-12(20-14(16)18-11)19-13(21)9-2-1-8-3-4-17-7-10(8)5-9/h1-2,5-6,17H,3-4,7H2,(H,18,19,20,21). The van der Waals surface area contributed by atoms with Crippen LogP contribution >= 0.6 is 23.2 Å². The molecule has 7 heteroatoms. The van der Waals surface area contributed by atoms with E-state index in [4.69, 9.17) is 23.2 Å². The summed E-state index contributed by atoms with van der Waals surface area (Å²) in [5, 5.41) is 6.13. The lowest BCUT2D eigenvalue weighted by molar-refractivity contribution is 0.102. The maximum absolute atomic E-state index is 12.2. The molecule has 0 saturated carbocycles. The maximum Gasteiger partial charge on any atom is 0.256 e. The van der Waals surface area contributed by atoms with Gasteiger partial charge in [-0.15, -0.1) is 0 Å². The first-order valence-corrected chi connectivity index (χ1v) is 7.21. The molecule has 2 aromatic rings. The zero-order chi connectivity index (χ0) is 14.8. The number of carbonyl (C=O) groups excluding carboxylic acids is 1. The van der Waals surface area contributed by atoms with Gasteiger partial charge in [0.25, 0.3) is 5.91 Å². The summed E-state index contributed by atoms with van der Waals surface area (Å²) < 4.78 is 0. The van der Waals surface area contributed by atoms with Gasteiger partial charge in [0.2, 0.25) is 5.28 Å². The lowest BCUT2D eigenvalue weighted by Gasteiger charge is -2.17. The summed E-state index contributed by atoms with van der Waals surface area (Å²) in [4.78, 5) is 19.9. The molecule has 1 aliphatic rings. The summed E-state index contributed by atoms with van der Waals surface area (Å²) in [5.41, 5.74) is 2.99. The number of halogens is 2. The summed E-state index contributed by atoms with van der Waals surface area (Å²) in [6.45, 7) is 1.75. The van der Waals surface area contributed by atoms with Crippen molar-refractivity contribution in [1.82, 2.24) is 15.3 Å². The molecule has 1 aromatic heterocycles. The maximum atomic E-state index is 12.2. The number of nitrogens with one attached hydrogen (secondary N) is 2. The number of nitrogens with zero attached hydrogens (tertiary/aromatic N) is 2. The van der Waals surface area contributed by atoms with E-state index in [-0.39, 0.29) is 22.2 Å². The Morgan fingerprint density at radius 3 is 2.86 bits per heavy atom. The minimum Gasteiger partial charge on any atom is -0.312 e. The van der Waals surface area contributed by atoms with Crippen molar-refractivity contribution < 1.29 is 4.79 Å². The predicted octanol–water partition coefficient (Wildman–Crippen LogP) is 2.68. The van der Waals surface area contributed by atoms with E-state index in [1.54, 1.807) is 0 Å². The van der Waals surface area contributed by atoms with Gasteiger partial charge >= 0.3 is 0 Å². The lowest BCUT2D eigenvalue weighted by atomic mass is 9.98. The van der Waals surface area contributed by atoms with Gasteiger partial charge in [-0.05, 0) is 47.8 Å². The fourth-order valence-electron chi connectivity index (χ4n) is 2.26. The quantitative estimate of drug-likeness (QED) is 0.659. The van der Waals surface area contributed by atoms with Gasteiger partial charge in [-0.2, -0.15) is 0 Å². The number of rotatable bonds is 2. The third-order valence-corrected chi connectivity index (χ3v) is 3.63. The van der Waals surface area contributed by atoms with Crippen molar-refractivity contribution in [3.8, 4) is 0 Å². The van der Waals surface area contributed by atoms with Gasteiger partial charge in [0.15, 0.2) is 0 Å². The van der Waals surface area contributed by atoms with Crippen molar-refractivity contribution in [3.63, 3.8) is 0 Å². The van der Waals surface area contributed by atoms with Crippen molar-refractivity contribution in [1.29, 1.82) is 0 Å². The second kappa shape index (κ2) is 5.97. The van der Waals surface area contributed by atoms with Crippen LogP contribution in [0.15, 0.2) is 24.3 Å². The number of aromatic nitrogens is 2. The Balaban J connectivity index is 1.82. The zero-order valence-corrected chi connectivity index (χ0v) is 12.5. The topological polar surface area (TPSA) is 66.9 Å². The zero-order valence-electron chi connectivity index (χ0n) is 11.0. The lowest BCUT2D eigenvalue weighted by Crippen LogP contribution is -2.24. The highest BCUT2D eigenvalue weighted by Gasteiger charge is 2.13. The summed E-state index contributed by atoms with van der Waals surface area (Å²) in [5.74, 6) is 0.0232. The molecule has 1 aromatic carbocycles. The van der Waals surface area contributed by atoms with Crippen LogP contribution in [0.1, 0.15) is 21.5 Å². The number of hydrogen-bond donors (Lipinski definition) is 2. The molecule has 2 heterocycles. The first kappa shape index (κ1) is 14.3. The van der Waals surface area contributed by atoms with E-state index in [2.05, 4.69) is 20.6 Å². The van der Waals surface area contributed by atoms with Crippen molar-refractivity contribution in [2.45, 2.75) is 13.0 Å². The molecule has 2 N–H and O–H groups in total. The van der Waals surface area contributed by atoms with E-state index < -0.39 is 0 Å². The molecule has 1 aliphatic heterocycles. The molecule has 0 atom stereocenters. The van der Waals surface area contributed by atoms with Crippen LogP contribution in [0.25, 0.3) is 0 Å². The van der Waals surface area contributed by atoms with Crippen LogP contribution < -0.4 is 10.6 Å². The smallest absolute Gasteiger partial charge is 0.256 e. The average molecular weight is 323 g/mol. The highest BCUT2D eigenvalue weighted by Crippen LogP contribution is 2.18. The average Bonchev–Trinajstić information content (AvgIpc) is 2.45. The molecule has 0 spiro atoms. The Kier molecular flexibility index (Phi) is 4.05. The Labute approximate surface area is 131 Å². The molecular formula is C14H12Cl2N4O. The van der Waals surface area contributed by atoms with Crippen molar-refractivity contribution >= 4 is 34.9 Å². The normalized spacial score (nSPS) is 13.6. The van der Waals surface area contributed by atoms with E-state index in [1.165, 1.54) is 11.6 Å². The molecule has 0 unspecified atom stereocenters. The molecule has 0 saturated heterocycles. The molecule has 1 amide bonds. The highest BCUT2D eigenvalue weighted by molar-refractivity contribution is 6.32. The third-order valence-electron chi connectivity index (χ3n) is 3.26. The largest absolute Gasteiger partial charge is 0.312 e. The molecule has 21 heavy (non-hydrogen) atoms. The second-order valence-electron chi connectivity index (χ2n) is 4.71. The number of fused-ring (bicyclic) bond motifs is 1. The Bertz CT molecular complexity index is 685. The molecular weight excluding hydrogens is 311 g/mol. The Morgan fingerprint density at radius 2 is 2.05 bits per heavy atom. The van der Waals surface area contributed by atoms with E-state index in [0.29, 0.717) is 5.56 Å². The van der Waals surface area contributed by atoms with Gasteiger partial charge in [-0.3, -0.25) is 4.79 Å². The number of benzene rings is 1. The summed E-state index contributed by atoms with van der Waals surface area (Å²) >= 11 is 11.5. The van der Waals surface area contributed by atoms with Crippen LogP contribution in [0, 0.1) is 0 Å². The number of carbonyl (C=O) groups is 1. The van der Waals surface area contributed by atoms with Gasteiger partial charge in [0.1, 0.15) is 11.0 Å². The molecule has 0 radical (unpaired) electrons. The van der Waals surface area contributed by atoms with Gasteiger partial charge in [-0.1, -0.05) is 17.7 Å². The van der Waals surface area contributed by atoms with E-state index >= 15 is 0 Å². The Hall–Kier alpha value is -1.69. The number of amides is 1. The molecule has 108 valence electrons. The van der Waals surface area contributed by atoms with Gasteiger partial charge < -0.3 is 10.6 Å². The predicted molar refractivity (Wildman–Crippen MR) is 81.9 cm³/mol. The first-order chi connectivity index (χ1) is 10.1. The van der Waals surface area contributed by atoms with Crippen LogP contribution in [-0.2, 0) is 13.0 Å². The van der Waals surface area contributed by atoms with Crippen LogP contribution in [-0.4, -0.2) is 22.4 Å². The van der Waals surface area contributed by atoms with Crippen LogP contribution in [0.4, 0.5) is 5.82 Å². The van der Waals surface area contributed by atoms with Gasteiger partial charge in [-0.25, -0.2) is 9.97 Å². The van der Waals surface area contributed by atoms with E-state index in [0.717, 1.165) is 25.1 Å². The van der Waals surface area contributed by atoms with Crippen molar-refractivity contribution in [3.05, 3.63) is 51.4 Å². The van der Waals surface area contributed by atoms with Gasteiger partial charge in [0.05, 0.1) is 0 Å². The van der Waals surface area contributed by atoms with E-state index in [9.17, 15) is 4.79 Å². The Morgan fingerprint density at radius 1 is 1.19 bits per heavy atom. The van der Waals surface area contributed by atoms with E-state index in [1.807, 2.05) is 18.2 Å². The summed E-state index contributed by atoms with van der Waals surface area (Å²) in [6.07, 6.45) is 0.981. The minimum absolute atomic E-state index is 0.00700. The first-order valence-electron chi connectivity index (χ1n) is 6.46. The summed E-state index contributed by atoms with van der Waals surface area (Å²) in [6, 6.07) is 7.14. The molecule has 0 bridgehead atoms. The number of anilines is 1. The van der Waals surface area contributed by atoms with Gasteiger partial charge in [0, 0.05) is 18.2 Å². The third kappa shape index (κ3) is 3.32. The molecule has 5 nitrogen and oxygen atoms in total.